The molecule has 0 saturated carbocycles. The van der Waals surface area contributed by atoms with Gasteiger partial charge < -0.3 is 24.4 Å². The first-order valence-corrected chi connectivity index (χ1v) is 12.4. The summed E-state index contributed by atoms with van der Waals surface area (Å²) in [5, 5.41) is 2.96. The van der Waals surface area contributed by atoms with E-state index in [1.54, 1.807) is 7.11 Å². The van der Waals surface area contributed by atoms with E-state index in [2.05, 4.69) is 15.1 Å². The molecule has 0 aromatic carbocycles. The number of piperidine rings is 4. The van der Waals surface area contributed by atoms with E-state index in [4.69, 9.17) is 14.2 Å². The van der Waals surface area contributed by atoms with Crippen LogP contribution in [0.1, 0.15) is 65.7 Å². The van der Waals surface area contributed by atoms with Crippen LogP contribution in [-0.4, -0.2) is 92.1 Å². The van der Waals surface area contributed by atoms with E-state index in [0.717, 1.165) is 65.0 Å². The third-order valence-corrected chi connectivity index (χ3v) is 6.88. The van der Waals surface area contributed by atoms with Crippen molar-refractivity contribution in [1.29, 1.82) is 0 Å². The summed E-state index contributed by atoms with van der Waals surface area (Å²) in [6.45, 7) is 11.5. The molecule has 0 aromatic rings. The van der Waals surface area contributed by atoms with Gasteiger partial charge in [0, 0.05) is 33.2 Å². The molecular weight excluding hydrogens is 410 g/mol. The van der Waals surface area contributed by atoms with Gasteiger partial charge in [-0.3, -0.25) is 9.69 Å². The maximum atomic E-state index is 12.2. The predicted octanol–water partition coefficient (Wildman–Crippen LogP) is 2.80. The molecule has 4 aliphatic heterocycles. The van der Waals surface area contributed by atoms with Crippen LogP contribution in [0.15, 0.2) is 0 Å². The van der Waals surface area contributed by atoms with Gasteiger partial charge in [0.25, 0.3) is 0 Å². The van der Waals surface area contributed by atoms with Gasteiger partial charge in [-0.25, -0.2) is 4.79 Å². The van der Waals surface area contributed by atoms with Crippen LogP contribution in [-0.2, 0) is 19.0 Å². The number of likely N-dealkylation sites (tertiary alicyclic amines) is 1. The Balaban J connectivity index is 1.27. The second-order valence-corrected chi connectivity index (χ2v) is 10.6. The highest BCUT2D eigenvalue weighted by Crippen LogP contribution is 2.29. The lowest BCUT2D eigenvalue weighted by Gasteiger charge is -2.43. The third kappa shape index (κ3) is 7.89. The Morgan fingerprint density at radius 1 is 0.969 bits per heavy atom. The fourth-order valence-corrected chi connectivity index (χ4v) is 5.10. The molecule has 1 N–H and O–H groups in total. The molecule has 1 amide bonds. The van der Waals surface area contributed by atoms with Crippen LogP contribution < -0.4 is 5.32 Å². The SMILES string of the molecule is CO[C@H]1CN(CCCCCC(=O)OC2CN3CCC2CC3)CC[C@H]1NC(=O)OC(C)(C)C. The summed E-state index contributed by atoms with van der Waals surface area (Å²) in [5.74, 6) is 0.544. The molecule has 0 radical (unpaired) electrons. The number of esters is 1. The molecule has 4 rings (SSSR count). The van der Waals surface area contributed by atoms with Gasteiger partial charge in [0.1, 0.15) is 11.7 Å². The number of hydrogen-bond acceptors (Lipinski definition) is 7. The smallest absolute Gasteiger partial charge is 0.407 e. The number of unbranched alkanes of at least 4 members (excludes halogenated alkanes) is 2. The molecule has 0 aliphatic carbocycles. The number of nitrogens with one attached hydrogen (secondary N) is 1. The Bertz CT molecular complexity index is 615. The Labute approximate surface area is 193 Å². The zero-order valence-electron chi connectivity index (χ0n) is 20.4. The predicted molar refractivity (Wildman–Crippen MR) is 123 cm³/mol. The molecule has 8 nitrogen and oxygen atoms in total. The van der Waals surface area contributed by atoms with Crippen LogP contribution in [0.4, 0.5) is 4.79 Å². The average molecular weight is 454 g/mol. The molecule has 1 unspecified atom stereocenters. The van der Waals surface area contributed by atoms with Crippen LogP contribution >= 0.6 is 0 Å². The average Bonchev–Trinajstić information content (AvgIpc) is 2.74. The Kier molecular flexibility index (Phi) is 9.20. The number of ether oxygens (including phenoxy) is 3. The largest absolute Gasteiger partial charge is 0.461 e. The number of alkyl carbamates (subject to hydrolysis) is 1. The first kappa shape index (κ1) is 25.2. The van der Waals surface area contributed by atoms with E-state index in [0.29, 0.717) is 12.3 Å². The fourth-order valence-electron chi connectivity index (χ4n) is 5.10. The highest BCUT2D eigenvalue weighted by atomic mass is 16.6. The van der Waals surface area contributed by atoms with Crippen molar-refractivity contribution in [2.75, 3.05) is 46.4 Å². The van der Waals surface area contributed by atoms with Gasteiger partial charge in [-0.15, -0.1) is 0 Å². The van der Waals surface area contributed by atoms with Gasteiger partial charge >= 0.3 is 12.1 Å². The summed E-state index contributed by atoms with van der Waals surface area (Å²) >= 11 is 0. The van der Waals surface area contributed by atoms with Gasteiger partial charge in [0.2, 0.25) is 0 Å². The van der Waals surface area contributed by atoms with Crippen molar-refractivity contribution < 1.29 is 23.8 Å². The van der Waals surface area contributed by atoms with E-state index in [1.807, 2.05) is 20.8 Å². The van der Waals surface area contributed by atoms with Crippen LogP contribution in [0.5, 0.6) is 0 Å². The first-order chi connectivity index (χ1) is 15.2. The normalized spacial score (nSPS) is 30.7. The number of fused-ring (bicyclic) bond motifs is 3. The fraction of sp³-hybridized carbons (Fsp3) is 0.917. The minimum atomic E-state index is -0.506. The van der Waals surface area contributed by atoms with E-state index in [1.165, 1.54) is 12.8 Å². The summed E-state index contributed by atoms with van der Waals surface area (Å²) in [4.78, 5) is 29.1. The number of hydrogen-bond donors (Lipinski definition) is 1. The van der Waals surface area contributed by atoms with Gasteiger partial charge in [0.05, 0.1) is 12.1 Å². The van der Waals surface area contributed by atoms with E-state index >= 15 is 0 Å². The van der Waals surface area contributed by atoms with Gasteiger partial charge in [-0.1, -0.05) is 6.42 Å². The molecule has 4 aliphatic rings. The number of amides is 1. The molecular formula is C24H43N3O5. The van der Waals surface area contributed by atoms with Crippen molar-refractivity contribution in [2.45, 2.75) is 89.6 Å². The lowest BCUT2D eigenvalue weighted by molar-refractivity contribution is -0.158. The van der Waals surface area contributed by atoms with Crippen molar-refractivity contribution in [3.63, 3.8) is 0 Å². The van der Waals surface area contributed by atoms with Gasteiger partial charge in [-0.2, -0.15) is 0 Å². The summed E-state index contributed by atoms with van der Waals surface area (Å²) in [6.07, 6.45) is 6.33. The Morgan fingerprint density at radius 2 is 1.72 bits per heavy atom. The lowest BCUT2D eigenvalue weighted by Crippen LogP contribution is -2.55. The maximum Gasteiger partial charge on any atom is 0.407 e. The first-order valence-electron chi connectivity index (χ1n) is 12.4. The molecule has 8 heteroatoms. The number of nitrogens with zero attached hydrogens (tertiary/aromatic N) is 2. The third-order valence-electron chi connectivity index (χ3n) is 6.88. The second-order valence-electron chi connectivity index (χ2n) is 10.6. The van der Waals surface area contributed by atoms with Crippen LogP contribution in [0.2, 0.25) is 0 Å². The molecule has 184 valence electrons. The minimum Gasteiger partial charge on any atom is -0.461 e. The molecule has 4 fully saturated rings. The molecule has 4 saturated heterocycles. The standard InChI is InChI=1S/C24H43N3O5/c1-24(2,3)32-23(29)25-19-11-15-26(17-21(19)30-4)12-7-5-6-8-22(28)31-20-16-27-13-9-18(20)10-14-27/h18-21H,5-17H2,1-4H3,(H,25,29)/t19-,20?,21+/m1/s1. The number of methoxy groups -OCH3 is 1. The van der Waals surface area contributed by atoms with E-state index in [9.17, 15) is 9.59 Å². The summed E-state index contributed by atoms with van der Waals surface area (Å²) in [6, 6.07) is -0.0350. The molecule has 0 spiro atoms. The number of rotatable bonds is 9. The summed E-state index contributed by atoms with van der Waals surface area (Å²) in [5.41, 5.74) is -0.506. The molecule has 0 aromatic heterocycles. The molecule has 3 atom stereocenters. The quantitative estimate of drug-likeness (QED) is 0.425. The number of carbonyl (C=O) groups is 2. The lowest BCUT2D eigenvalue weighted by atomic mass is 9.86. The second kappa shape index (κ2) is 11.7. The zero-order valence-corrected chi connectivity index (χ0v) is 20.4. The van der Waals surface area contributed by atoms with Gasteiger partial charge in [-0.05, 0) is 78.4 Å². The molecule has 32 heavy (non-hydrogen) atoms. The number of carbonyl (C=O) groups excluding carboxylic acids is 2. The van der Waals surface area contributed by atoms with E-state index < -0.39 is 5.60 Å². The topological polar surface area (TPSA) is 80.3 Å². The van der Waals surface area contributed by atoms with Crippen molar-refractivity contribution in [3.8, 4) is 0 Å². The van der Waals surface area contributed by atoms with Crippen LogP contribution in [0.25, 0.3) is 0 Å². The highest BCUT2D eigenvalue weighted by molar-refractivity contribution is 5.69. The van der Waals surface area contributed by atoms with Crippen LogP contribution in [0.3, 0.4) is 0 Å². The molecule has 4 heterocycles. The Hall–Kier alpha value is -1.38. The zero-order chi connectivity index (χ0) is 23.1. The van der Waals surface area contributed by atoms with Crippen LogP contribution in [0, 0.1) is 5.92 Å². The highest BCUT2D eigenvalue weighted by Gasteiger charge is 2.36. The summed E-state index contributed by atoms with van der Waals surface area (Å²) in [7, 11) is 1.69. The Morgan fingerprint density at radius 3 is 2.34 bits per heavy atom. The van der Waals surface area contributed by atoms with Gasteiger partial charge in [0.15, 0.2) is 0 Å². The monoisotopic (exact) mass is 453 g/mol. The summed E-state index contributed by atoms with van der Waals surface area (Å²) < 4.78 is 16.8. The van der Waals surface area contributed by atoms with E-state index in [-0.39, 0.29) is 30.3 Å². The molecule has 2 bridgehead atoms. The van der Waals surface area contributed by atoms with Crippen molar-refractivity contribution >= 4 is 12.1 Å². The minimum absolute atomic E-state index is 0.0303. The van der Waals surface area contributed by atoms with Crippen molar-refractivity contribution in [3.05, 3.63) is 0 Å². The maximum absolute atomic E-state index is 12.2. The van der Waals surface area contributed by atoms with Crippen molar-refractivity contribution in [2.24, 2.45) is 5.92 Å². The van der Waals surface area contributed by atoms with Crippen molar-refractivity contribution in [1.82, 2.24) is 15.1 Å².